The van der Waals surface area contributed by atoms with Gasteiger partial charge in [-0.25, -0.2) is 9.67 Å². The van der Waals surface area contributed by atoms with Crippen molar-refractivity contribution in [2.45, 2.75) is 59.4 Å². The van der Waals surface area contributed by atoms with Crippen LogP contribution in [0.15, 0.2) is 30.5 Å². The van der Waals surface area contributed by atoms with Crippen molar-refractivity contribution in [1.82, 2.24) is 34.7 Å². The van der Waals surface area contributed by atoms with Crippen molar-refractivity contribution >= 4 is 22.6 Å². The van der Waals surface area contributed by atoms with Crippen LogP contribution >= 0.6 is 0 Å². The average molecular weight is 420 g/mol. The molecule has 31 heavy (non-hydrogen) atoms. The number of pyridine rings is 2. The van der Waals surface area contributed by atoms with Gasteiger partial charge in [0.1, 0.15) is 5.82 Å². The van der Waals surface area contributed by atoms with Gasteiger partial charge >= 0.3 is 0 Å². The van der Waals surface area contributed by atoms with E-state index < -0.39 is 0 Å². The molecule has 0 aromatic carbocycles. The van der Waals surface area contributed by atoms with Gasteiger partial charge < -0.3 is 5.32 Å². The van der Waals surface area contributed by atoms with E-state index in [0.717, 1.165) is 33.9 Å². The Labute approximate surface area is 181 Å². The van der Waals surface area contributed by atoms with Crippen LogP contribution in [0.25, 0.3) is 16.7 Å². The fourth-order valence-electron chi connectivity index (χ4n) is 3.70. The third-order valence-corrected chi connectivity index (χ3v) is 5.32. The van der Waals surface area contributed by atoms with E-state index in [1.807, 2.05) is 46.5 Å². The monoisotopic (exact) mass is 419 g/mol. The van der Waals surface area contributed by atoms with Crippen LogP contribution in [0.1, 0.15) is 68.1 Å². The number of rotatable bonds is 5. The Morgan fingerprint density at radius 3 is 2.68 bits per heavy atom. The standard InChI is InChI=1S/C23H29N7O/c1-14(2)17-13-16(20-15(3)28-30(21(20)25-17)23(4,5)6)22(31)24-11-10-19-27-26-18-9-7-8-12-29(18)19/h7-9,12-14H,10-11H2,1-6H3,(H,24,31). The lowest BCUT2D eigenvalue weighted by Gasteiger charge is -2.20. The first-order valence-electron chi connectivity index (χ1n) is 10.6. The van der Waals surface area contributed by atoms with Gasteiger partial charge in [-0.3, -0.25) is 9.20 Å². The molecule has 0 fully saturated rings. The number of carbonyl (C=O) groups is 1. The molecule has 4 aromatic heterocycles. The molecule has 1 N–H and O–H groups in total. The molecule has 1 amide bonds. The number of hydrogen-bond acceptors (Lipinski definition) is 5. The van der Waals surface area contributed by atoms with Crippen molar-refractivity contribution in [3.63, 3.8) is 0 Å². The first kappa shape index (κ1) is 21.0. The lowest BCUT2D eigenvalue weighted by Crippen LogP contribution is -2.27. The summed E-state index contributed by atoms with van der Waals surface area (Å²) >= 11 is 0. The van der Waals surface area contributed by atoms with Gasteiger partial charge in [-0.15, -0.1) is 10.2 Å². The molecule has 0 aliphatic rings. The fraction of sp³-hybridized carbons (Fsp3) is 0.435. The van der Waals surface area contributed by atoms with Crippen LogP contribution in [-0.4, -0.2) is 41.8 Å². The highest BCUT2D eigenvalue weighted by Crippen LogP contribution is 2.28. The van der Waals surface area contributed by atoms with Crippen molar-refractivity contribution in [1.29, 1.82) is 0 Å². The predicted octanol–water partition coefficient (Wildman–Crippen LogP) is 3.63. The van der Waals surface area contributed by atoms with Crippen molar-refractivity contribution in [3.8, 4) is 0 Å². The minimum Gasteiger partial charge on any atom is -0.352 e. The SMILES string of the molecule is Cc1nn(C(C)(C)C)c2nc(C(C)C)cc(C(=O)NCCc3nnc4ccccn34)c12. The molecule has 0 aliphatic carbocycles. The van der Waals surface area contributed by atoms with Gasteiger partial charge in [0, 0.05) is 24.9 Å². The maximum absolute atomic E-state index is 13.2. The third-order valence-electron chi connectivity index (χ3n) is 5.32. The summed E-state index contributed by atoms with van der Waals surface area (Å²) in [7, 11) is 0. The first-order valence-corrected chi connectivity index (χ1v) is 10.6. The van der Waals surface area contributed by atoms with Crippen LogP contribution in [0.5, 0.6) is 0 Å². The maximum Gasteiger partial charge on any atom is 0.252 e. The molecule has 0 radical (unpaired) electrons. The summed E-state index contributed by atoms with van der Waals surface area (Å²) in [6, 6.07) is 7.67. The summed E-state index contributed by atoms with van der Waals surface area (Å²) in [5.74, 6) is 0.886. The number of carbonyl (C=O) groups excluding carboxylic acids is 1. The Hall–Kier alpha value is -3.29. The summed E-state index contributed by atoms with van der Waals surface area (Å²) < 4.78 is 3.85. The number of amides is 1. The van der Waals surface area contributed by atoms with Crippen molar-refractivity contribution in [3.05, 3.63) is 53.2 Å². The van der Waals surface area contributed by atoms with E-state index in [1.165, 1.54) is 0 Å². The van der Waals surface area contributed by atoms with Gasteiger partial charge in [0.25, 0.3) is 5.91 Å². The second-order valence-corrected chi connectivity index (χ2v) is 9.17. The molecule has 0 atom stereocenters. The highest BCUT2D eigenvalue weighted by atomic mass is 16.1. The smallest absolute Gasteiger partial charge is 0.252 e. The Morgan fingerprint density at radius 2 is 1.97 bits per heavy atom. The largest absolute Gasteiger partial charge is 0.352 e. The third kappa shape index (κ3) is 3.89. The Bertz CT molecular complexity index is 1260. The summed E-state index contributed by atoms with van der Waals surface area (Å²) in [5, 5.41) is 17.0. The van der Waals surface area contributed by atoms with Crippen molar-refractivity contribution in [2.24, 2.45) is 0 Å². The van der Waals surface area contributed by atoms with Crippen LogP contribution in [0.4, 0.5) is 0 Å². The van der Waals surface area contributed by atoms with E-state index in [1.54, 1.807) is 0 Å². The molecular formula is C23H29N7O. The normalized spacial score (nSPS) is 12.2. The van der Waals surface area contributed by atoms with E-state index in [-0.39, 0.29) is 17.4 Å². The van der Waals surface area contributed by atoms with Gasteiger partial charge in [0.2, 0.25) is 0 Å². The van der Waals surface area contributed by atoms with Crippen LogP contribution in [-0.2, 0) is 12.0 Å². The molecule has 8 nitrogen and oxygen atoms in total. The maximum atomic E-state index is 13.2. The topological polar surface area (TPSA) is 90.0 Å². The minimum atomic E-state index is -0.239. The molecule has 0 spiro atoms. The number of aryl methyl sites for hydroxylation is 1. The number of hydrogen-bond donors (Lipinski definition) is 1. The second-order valence-electron chi connectivity index (χ2n) is 9.17. The van der Waals surface area contributed by atoms with Crippen LogP contribution < -0.4 is 5.32 Å². The molecule has 162 valence electrons. The van der Waals surface area contributed by atoms with E-state index in [9.17, 15) is 4.79 Å². The quantitative estimate of drug-likeness (QED) is 0.533. The zero-order valence-electron chi connectivity index (χ0n) is 19.0. The number of nitrogens with zero attached hydrogens (tertiary/aromatic N) is 6. The Morgan fingerprint density at radius 1 is 1.19 bits per heavy atom. The zero-order valence-corrected chi connectivity index (χ0v) is 19.0. The molecular weight excluding hydrogens is 390 g/mol. The molecule has 8 heteroatoms. The Balaban J connectivity index is 1.64. The van der Waals surface area contributed by atoms with Gasteiger partial charge in [0.15, 0.2) is 11.3 Å². The first-order chi connectivity index (χ1) is 14.7. The summed E-state index contributed by atoms with van der Waals surface area (Å²) in [6.07, 6.45) is 2.51. The summed E-state index contributed by atoms with van der Waals surface area (Å²) in [4.78, 5) is 18.1. The second kappa shape index (κ2) is 7.76. The minimum absolute atomic E-state index is 0.125. The van der Waals surface area contributed by atoms with Crippen molar-refractivity contribution < 1.29 is 4.79 Å². The molecule has 0 bridgehead atoms. The lowest BCUT2D eigenvalue weighted by atomic mass is 10.0. The number of nitrogens with one attached hydrogen (secondary N) is 1. The highest BCUT2D eigenvalue weighted by molar-refractivity contribution is 6.06. The van der Waals surface area contributed by atoms with Gasteiger partial charge in [-0.1, -0.05) is 19.9 Å². The van der Waals surface area contributed by atoms with Crippen LogP contribution in [0.2, 0.25) is 0 Å². The highest BCUT2D eigenvalue weighted by Gasteiger charge is 2.25. The lowest BCUT2D eigenvalue weighted by molar-refractivity contribution is 0.0955. The molecule has 0 unspecified atom stereocenters. The summed E-state index contributed by atoms with van der Waals surface area (Å²) in [5.41, 5.74) is 3.62. The zero-order chi connectivity index (χ0) is 22.3. The van der Waals surface area contributed by atoms with Crippen LogP contribution in [0.3, 0.4) is 0 Å². The molecule has 0 aliphatic heterocycles. The average Bonchev–Trinajstić information content (AvgIpc) is 3.28. The van der Waals surface area contributed by atoms with Crippen LogP contribution in [0, 0.1) is 6.92 Å². The van der Waals surface area contributed by atoms with Gasteiger partial charge in [-0.2, -0.15) is 5.10 Å². The number of fused-ring (bicyclic) bond motifs is 2. The molecule has 4 heterocycles. The van der Waals surface area contributed by atoms with E-state index in [2.05, 4.69) is 50.1 Å². The van der Waals surface area contributed by atoms with E-state index in [0.29, 0.717) is 18.5 Å². The predicted molar refractivity (Wildman–Crippen MR) is 120 cm³/mol. The molecule has 4 rings (SSSR count). The number of aromatic nitrogens is 6. The van der Waals surface area contributed by atoms with Gasteiger partial charge in [-0.05, 0) is 51.8 Å². The molecule has 4 aromatic rings. The van der Waals surface area contributed by atoms with E-state index in [4.69, 9.17) is 10.1 Å². The Kier molecular flexibility index (Phi) is 5.24. The van der Waals surface area contributed by atoms with E-state index >= 15 is 0 Å². The molecule has 0 saturated heterocycles. The fourth-order valence-corrected chi connectivity index (χ4v) is 3.70. The molecule has 0 saturated carbocycles. The van der Waals surface area contributed by atoms with Gasteiger partial charge in [0.05, 0.1) is 22.2 Å². The summed E-state index contributed by atoms with van der Waals surface area (Å²) in [6.45, 7) is 12.8. The van der Waals surface area contributed by atoms with Crippen molar-refractivity contribution in [2.75, 3.05) is 6.54 Å².